The molecule has 1 aliphatic carbocycles. The van der Waals surface area contributed by atoms with Crippen molar-refractivity contribution in [3.8, 4) is 11.1 Å². The van der Waals surface area contributed by atoms with Gasteiger partial charge in [0.15, 0.2) is 0 Å². The van der Waals surface area contributed by atoms with Crippen LogP contribution < -0.4 is 5.32 Å². The quantitative estimate of drug-likeness (QED) is 0.531. The number of fused-ring (bicyclic) bond motifs is 3. The average molecular weight is 481 g/mol. The Morgan fingerprint density at radius 1 is 1.00 bits per heavy atom. The summed E-state index contributed by atoms with van der Waals surface area (Å²) in [7, 11) is 0. The van der Waals surface area contributed by atoms with Crippen molar-refractivity contribution in [1.29, 1.82) is 0 Å². The van der Waals surface area contributed by atoms with Gasteiger partial charge in [-0.05, 0) is 35.1 Å². The summed E-state index contributed by atoms with van der Waals surface area (Å²) in [5, 5.41) is 12.0. The van der Waals surface area contributed by atoms with Gasteiger partial charge in [0.2, 0.25) is 5.91 Å². The molecule has 4 rings (SSSR count). The van der Waals surface area contributed by atoms with Gasteiger partial charge in [0.1, 0.15) is 6.61 Å². The number of carboxylic acid groups (broad SMARTS) is 1. The Labute approximate surface area is 205 Å². The van der Waals surface area contributed by atoms with Gasteiger partial charge >= 0.3 is 12.1 Å². The average Bonchev–Trinajstić information content (AvgIpc) is 3.00. The summed E-state index contributed by atoms with van der Waals surface area (Å²) < 4.78 is 10.8. The molecule has 1 unspecified atom stereocenters. The van der Waals surface area contributed by atoms with Gasteiger partial charge in [-0.3, -0.25) is 9.59 Å². The summed E-state index contributed by atoms with van der Waals surface area (Å²) in [5.74, 6) is -1.64. The van der Waals surface area contributed by atoms with Crippen LogP contribution in [0.3, 0.4) is 0 Å². The predicted molar refractivity (Wildman–Crippen MR) is 130 cm³/mol. The molecule has 2 aliphatic rings. The number of aliphatic carboxylic acids is 1. The number of rotatable bonds is 9. The molecule has 0 aromatic heterocycles. The van der Waals surface area contributed by atoms with Gasteiger partial charge in [-0.1, -0.05) is 55.0 Å². The number of carbonyl (C=O) groups is 3. The standard InChI is InChI=1S/C27H32N2O6/c30-25(29-14-15-34-17-19(16-29)26(31)32)12-2-1-7-13-28-27(33)35-18-24-22-10-5-3-8-20(22)21-9-4-6-11-23(21)24/h3-6,8-11,19,24H,1-2,7,12-18H2,(H,28,33)(H,31,32). The highest BCUT2D eigenvalue weighted by atomic mass is 16.5. The fraction of sp³-hybridized carbons (Fsp3) is 0.444. The first kappa shape index (κ1) is 24.7. The third-order valence-corrected chi connectivity index (χ3v) is 6.65. The van der Waals surface area contributed by atoms with Crippen molar-refractivity contribution in [2.45, 2.75) is 31.6 Å². The van der Waals surface area contributed by atoms with Gasteiger partial charge in [0.25, 0.3) is 0 Å². The number of nitrogens with one attached hydrogen (secondary N) is 1. The zero-order valence-electron chi connectivity index (χ0n) is 19.8. The highest BCUT2D eigenvalue weighted by Gasteiger charge is 2.29. The Hall–Kier alpha value is -3.39. The molecular weight excluding hydrogens is 448 g/mol. The van der Waals surface area contributed by atoms with Crippen LogP contribution in [0.2, 0.25) is 0 Å². The number of alkyl carbamates (subject to hydrolysis) is 1. The summed E-state index contributed by atoms with van der Waals surface area (Å²) in [6.07, 6.45) is 2.12. The van der Waals surface area contributed by atoms with Crippen LogP contribution in [-0.4, -0.2) is 67.4 Å². The van der Waals surface area contributed by atoms with E-state index in [0.29, 0.717) is 32.5 Å². The van der Waals surface area contributed by atoms with E-state index in [-0.39, 0.29) is 31.6 Å². The van der Waals surface area contributed by atoms with Gasteiger partial charge in [0, 0.05) is 32.0 Å². The second-order valence-electron chi connectivity index (χ2n) is 9.01. The minimum Gasteiger partial charge on any atom is -0.481 e. The molecule has 35 heavy (non-hydrogen) atoms. The van der Waals surface area contributed by atoms with E-state index < -0.39 is 18.0 Å². The molecule has 0 bridgehead atoms. The lowest BCUT2D eigenvalue weighted by Gasteiger charge is -2.21. The third kappa shape index (κ3) is 6.19. The molecular formula is C27H32N2O6. The maximum Gasteiger partial charge on any atom is 0.407 e. The summed E-state index contributed by atoms with van der Waals surface area (Å²) in [4.78, 5) is 37.5. The second kappa shape index (κ2) is 11.8. The molecule has 0 saturated carbocycles. The first-order chi connectivity index (χ1) is 17.0. The van der Waals surface area contributed by atoms with E-state index >= 15 is 0 Å². The number of benzene rings is 2. The van der Waals surface area contributed by atoms with Crippen LogP contribution in [0.4, 0.5) is 4.79 Å². The minimum absolute atomic E-state index is 0.0317. The monoisotopic (exact) mass is 480 g/mol. The Morgan fingerprint density at radius 3 is 2.37 bits per heavy atom. The van der Waals surface area contributed by atoms with Crippen LogP contribution in [0.5, 0.6) is 0 Å². The van der Waals surface area contributed by atoms with Crippen LogP contribution in [0.1, 0.15) is 42.7 Å². The molecule has 2 aromatic rings. The van der Waals surface area contributed by atoms with Gasteiger partial charge in [-0.25, -0.2) is 4.79 Å². The Morgan fingerprint density at radius 2 is 1.69 bits per heavy atom. The van der Waals surface area contributed by atoms with Crippen LogP contribution >= 0.6 is 0 Å². The smallest absolute Gasteiger partial charge is 0.407 e. The normalized spacial score (nSPS) is 17.3. The number of amides is 2. The molecule has 2 aromatic carbocycles. The fourth-order valence-corrected chi connectivity index (χ4v) is 4.76. The van der Waals surface area contributed by atoms with Crippen molar-refractivity contribution in [2.75, 3.05) is 39.5 Å². The molecule has 1 fully saturated rings. The number of carbonyl (C=O) groups excluding carboxylic acids is 2. The Kier molecular flexibility index (Phi) is 8.36. The molecule has 1 saturated heterocycles. The lowest BCUT2D eigenvalue weighted by atomic mass is 9.98. The van der Waals surface area contributed by atoms with Crippen molar-refractivity contribution in [3.05, 3.63) is 59.7 Å². The summed E-state index contributed by atoms with van der Waals surface area (Å²) >= 11 is 0. The molecule has 2 amide bonds. The molecule has 8 heteroatoms. The predicted octanol–water partition coefficient (Wildman–Crippen LogP) is 3.65. The summed E-state index contributed by atoms with van der Waals surface area (Å²) in [6, 6.07) is 16.4. The van der Waals surface area contributed by atoms with Crippen molar-refractivity contribution >= 4 is 18.0 Å². The van der Waals surface area contributed by atoms with Gasteiger partial charge in [-0.2, -0.15) is 0 Å². The second-order valence-corrected chi connectivity index (χ2v) is 9.01. The van der Waals surface area contributed by atoms with Crippen molar-refractivity contribution in [3.63, 3.8) is 0 Å². The Bertz CT molecular complexity index is 1010. The van der Waals surface area contributed by atoms with Crippen LogP contribution in [0, 0.1) is 5.92 Å². The number of ether oxygens (including phenoxy) is 2. The van der Waals surface area contributed by atoms with E-state index in [0.717, 1.165) is 12.8 Å². The first-order valence-corrected chi connectivity index (χ1v) is 12.2. The fourth-order valence-electron chi connectivity index (χ4n) is 4.76. The van der Waals surface area contributed by atoms with E-state index in [4.69, 9.17) is 9.47 Å². The number of hydrogen-bond donors (Lipinski definition) is 2. The van der Waals surface area contributed by atoms with Crippen molar-refractivity contribution in [2.24, 2.45) is 5.92 Å². The topological polar surface area (TPSA) is 105 Å². The minimum atomic E-state index is -0.941. The van der Waals surface area contributed by atoms with Gasteiger partial charge in [0.05, 0.1) is 19.1 Å². The summed E-state index contributed by atoms with van der Waals surface area (Å²) in [6.45, 7) is 1.87. The third-order valence-electron chi connectivity index (χ3n) is 6.65. The number of carboxylic acids is 1. The molecule has 1 atom stereocenters. The zero-order chi connectivity index (χ0) is 24.6. The molecule has 1 aliphatic heterocycles. The van der Waals surface area contributed by atoms with Gasteiger partial charge in [-0.15, -0.1) is 0 Å². The van der Waals surface area contributed by atoms with Crippen LogP contribution in [0.25, 0.3) is 11.1 Å². The van der Waals surface area contributed by atoms with E-state index in [2.05, 4.69) is 29.6 Å². The van der Waals surface area contributed by atoms with E-state index in [1.54, 1.807) is 4.90 Å². The van der Waals surface area contributed by atoms with Crippen molar-refractivity contribution < 1.29 is 29.0 Å². The van der Waals surface area contributed by atoms with E-state index in [1.165, 1.54) is 22.3 Å². The zero-order valence-corrected chi connectivity index (χ0v) is 19.8. The molecule has 186 valence electrons. The number of nitrogens with zero attached hydrogens (tertiary/aromatic N) is 1. The summed E-state index contributed by atoms with van der Waals surface area (Å²) in [5.41, 5.74) is 4.74. The van der Waals surface area contributed by atoms with E-state index in [9.17, 15) is 19.5 Å². The highest BCUT2D eigenvalue weighted by Crippen LogP contribution is 2.44. The molecule has 1 heterocycles. The molecule has 8 nitrogen and oxygen atoms in total. The maximum absolute atomic E-state index is 12.4. The van der Waals surface area contributed by atoms with Crippen LogP contribution in [-0.2, 0) is 19.1 Å². The Balaban J connectivity index is 1.13. The van der Waals surface area contributed by atoms with Crippen LogP contribution in [0.15, 0.2) is 48.5 Å². The maximum atomic E-state index is 12.4. The molecule has 2 N–H and O–H groups in total. The van der Waals surface area contributed by atoms with E-state index in [1.807, 2.05) is 24.3 Å². The first-order valence-electron chi connectivity index (χ1n) is 12.2. The SMILES string of the molecule is O=C(NCCCCCC(=O)N1CCOCC(C(=O)O)C1)OCC1c2ccccc2-c2ccccc21. The van der Waals surface area contributed by atoms with Crippen molar-refractivity contribution in [1.82, 2.24) is 10.2 Å². The molecule has 0 radical (unpaired) electrons. The van der Waals surface area contributed by atoms with Gasteiger partial charge < -0.3 is 24.8 Å². The number of unbranched alkanes of at least 4 members (excludes halogenated alkanes) is 2. The lowest BCUT2D eigenvalue weighted by Crippen LogP contribution is -2.37. The highest BCUT2D eigenvalue weighted by molar-refractivity contribution is 5.79. The lowest BCUT2D eigenvalue weighted by molar-refractivity contribution is -0.144. The number of hydrogen-bond acceptors (Lipinski definition) is 5. The molecule has 0 spiro atoms. The largest absolute Gasteiger partial charge is 0.481 e.